The number of benzene rings is 1. The minimum absolute atomic E-state index is 0.441. The molecular weight excluding hydrogens is 424 g/mol. The Kier molecular flexibility index (Phi) is 5.27. The van der Waals surface area contributed by atoms with Crippen LogP contribution < -0.4 is 5.32 Å². The molecule has 0 aliphatic carbocycles. The maximum atomic E-state index is 5.86. The van der Waals surface area contributed by atoms with Crippen LogP contribution in [0, 0.1) is 6.92 Å². The summed E-state index contributed by atoms with van der Waals surface area (Å²) in [4.78, 5) is 21.6. The van der Waals surface area contributed by atoms with Crippen LogP contribution in [0.1, 0.15) is 5.69 Å². The van der Waals surface area contributed by atoms with Gasteiger partial charge in [0.2, 0.25) is 5.95 Å². The SMILES string of the molecule is Cc1ccc(-c2ncn(-c3ccc(Nc4nccc(-c5ccc(Cl)nc5)n4)cc3)n2)cn1. The molecule has 0 atom stereocenters. The van der Waals surface area contributed by atoms with Crippen LogP contribution in [0.3, 0.4) is 0 Å². The lowest BCUT2D eigenvalue weighted by molar-refractivity contribution is 0.882. The van der Waals surface area contributed by atoms with Crippen molar-refractivity contribution in [3.63, 3.8) is 0 Å². The number of pyridine rings is 2. The van der Waals surface area contributed by atoms with Crippen LogP contribution in [0.15, 0.2) is 79.5 Å². The van der Waals surface area contributed by atoms with Crippen LogP contribution in [0.4, 0.5) is 11.6 Å². The van der Waals surface area contributed by atoms with Crippen LogP contribution >= 0.6 is 11.6 Å². The molecule has 8 nitrogen and oxygen atoms in total. The summed E-state index contributed by atoms with van der Waals surface area (Å²) in [7, 11) is 0. The van der Waals surface area contributed by atoms with E-state index < -0.39 is 0 Å². The van der Waals surface area contributed by atoms with Crippen molar-refractivity contribution in [1.29, 1.82) is 0 Å². The molecule has 0 unspecified atom stereocenters. The largest absolute Gasteiger partial charge is 0.324 e. The molecule has 0 fully saturated rings. The summed E-state index contributed by atoms with van der Waals surface area (Å²) >= 11 is 5.86. The van der Waals surface area contributed by atoms with Crippen LogP contribution in [0.2, 0.25) is 5.15 Å². The van der Waals surface area contributed by atoms with Gasteiger partial charge in [-0.05, 0) is 61.5 Å². The topological polar surface area (TPSA) is 94.3 Å². The van der Waals surface area contributed by atoms with E-state index in [-0.39, 0.29) is 0 Å². The number of nitrogens with one attached hydrogen (secondary N) is 1. The Hall–Kier alpha value is -4.17. The van der Waals surface area contributed by atoms with Gasteiger partial charge >= 0.3 is 0 Å². The Morgan fingerprint density at radius 2 is 1.62 bits per heavy atom. The number of nitrogens with zero attached hydrogens (tertiary/aromatic N) is 7. The third kappa shape index (κ3) is 4.30. The van der Waals surface area contributed by atoms with Crippen molar-refractivity contribution in [3.05, 3.63) is 90.4 Å². The summed E-state index contributed by atoms with van der Waals surface area (Å²) in [5.41, 5.74) is 5.18. The number of hydrogen-bond acceptors (Lipinski definition) is 7. The second kappa shape index (κ2) is 8.52. The highest BCUT2D eigenvalue weighted by atomic mass is 35.5. The van der Waals surface area contributed by atoms with Gasteiger partial charge in [0.15, 0.2) is 5.82 Å². The van der Waals surface area contributed by atoms with Crippen molar-refractivity contribution >= 4 is 23.2 Å². The predicted molar refractivity (Wildman–Crippen MR) is 123 cm³/mol. The van der Waals surface area contributed by atoms with Crippen molar-refractivity contribution in [1.82, 2.24) is 34.7 Å². The summed E-state index contributed by atoms with van der Waals surface area (Å²) in [6, 6.07) is 17.1. The zero-order valence-electron chi connectivity index (χ0n) is 17.0. The zero-order chi connectivity index (χ0) is 21.9. The van der Waals surface area contributed by atoms with Crippen LogP contribution in [-0.4, -0.2) is 34.7 Å². The average molecular weight is 441 g/mol. The summed E-state index contributed by atoms with van der Waals surface area (Å²) in [6.07, 6.45) is 6.84. The van der Waals surface area contributed by atoms with Gasteiger partial charge in [-0.25, -0.2) is 24.6 Å². The van der Waals surface area contributed by atoms with Crippen molar-refractivity contribution < 1.29 is 0 Å². The van der Waals surface area contributed by atoms with Gasteiger partial charge in [-0.2, -0.15) is 0 Å². The van der Waals surface area contributed by atoms with Crippen molar-refractivity contribution in [3.8, 4) is 28.3 Å². The molecule has 9 heteroatoms. The highest BCUT2D eigenvalue weighted by Crippen LogP contribution is 2.21. The number of hydrogen-bond donors (Lipinski definition) is 1. The van der Waals surface area contributed by atoms with Gasteiger partial charge in [-0.1, -0.05) is 11.6 Å². The van der Waals surface area contributed by atoms with Gasteiger partial charge < -0.3 is 5.32 Å². The van der Waals surface area contributed by atoms with Gasteiger partial charge in [0, 0.05) is 41.1 Å². The number of rotatable bonds is 5. The maximum Gasteiger partial charge on any atom is 0.227 e. The number of halogens is 1. The van der Waals surface area contributed by atoms with Gasteiger partial charge in [0.1, 0.15) is 11.5 Å². The fourth-order valence-electron chi connectivity index (χ4n) is 3.05. The van der Waals surface area contributed by atoms with E-state index in [1.165, 1.54) is 0 Å². The number of aryl methyl sites for hydroxylation is 1. The molecule has 156 valence electrons. The first kappa shape index (κ1) is 19.8. The molecule has 0 spiro atoms. The fraction of sp³-hybridized carbons (Fsp3) is 0.0435. The monoisotopic (exact) mass is 440 g/mol. The Balaban J connectivity index is 1.32. The standard InChI is InChI=1S/C23H17ClN8/c1-15-2-3-17(13-26-15)22-28-14-32(31-22)19-7-5-18(6-8-19)29-23-25-11-10-20(30-23)16-4-9-21(24)27-12-16/h2-14H,1H3,(H,25,29,30). The Morgan fingerprint density at radius 3 is 2.38 bits per heavy atom. The second-order valence-electron chi connectivity index (χ2n) is 7.01. The van der Waals surface area contributed by atoms with E-state index in [0.29, 0.717) is 16.9 Å². The van der Waals surface area contributed by atoms with Crippen LogP contribution in [-0.2, 0) is 0 Å². The minimum atomic E-state index is 0.441. The highest BCUT2D eigenvalue weighted by Gasteiger charge is 2.07. The molecule has 5 rings (SSSR count). The number of aromatic nitrogens is 7. The summed E-state index contributed by atoms with van der Waals surface area (Å²) in [5.74, 6) is 1.11. The fourth-order valence-corrected chi connectivity index (χ4v) is 3.17. The minimum Gasteiger partial charge on any atom is -0.324 e. The lowest BCUT2D eigenvalue weighted by Gasteiger charge is -2.08. The summed E-state index contributed by atoms with van der Waals surface area (Å²) in [5, 5.41) is 8.21. The van der Waals surface area contributed by atoms with Crippen molar-refractivity contribution in [2.75, 3.05) is 5.32 Å². The molecule has 0 aliphatic heterocycles. The predicted octanol–water partition coefficient (Wildman–Crippen LogP) is 4.89. The van der Waals surface area contributed by atoms with E-state index in [1.54, 1.807) is 35.7 Å². The van der Waals surface area contributed by atoms with E-state index in [2.05, 4.69) is 35.3 Å². The quantitative estimate of drug-likeness (QED) is 0.389. The molecular formula is C23H17ClN8. The average Bonchev–Trinajstić information content (AvgIpc) is 3.31. The van der Waals surface area contributed by atoms with E-state index in [4.69, 9.17) is 11.6 Å². The van der Waals surface area contributed by atoms with Crippen molar-refractivity contribution in [2.24, 2.45) is 0 Å². The van der Waals surface area contributed by atoms with Gasteiger partial charge in [0.25, 0.3) is 0 Å². The van der Waals surface area contributed by atoms with Gasteiger partial charge in [0.05, 0.1) is 11.4 Å². The number of anilines is 2. The molecule has 0 radical (unpaired) electrons. The molecule has 0 saturated carbocycles. The molecule has 0 aliphatic rings. The van der Waals surface area contributed by atoms with E-state index in [1.807, 2.05) is 55.5 Å². The lowest BCUT2D eigenvalue weighted by atomic mass is 10.2. The molecule has 4 aromatic heterocycles. The third-order valence-electron chi connectivity index (χ3n) is 4.73. The first-order chi connectivity index (χ1) is 15.6. The maximum absolute atomic E-state index is 5.86. The highest BCUT2D eigenvalue weighted by molar-refractivity contribution is 6.29. The molecule has 0 amide bonds. The lowest BCUT2D eigenvalue weighted by Crippen LogP contribution is -1.99. The smallest absolute Gasteiger partial charge is 0.227 e. The van der Waals surface area contributed by atoms with Crippen molar-refractivity contribution in [2.45, 2.75) is 6.92 Å². The normalized spacial score (nSPS) is 10.8. The summed E-state index contributed by atoms with van der Waals surface area (Å²) in [6.45, 7) is 1.95. The third-order valence-corrected chi connectivity index (χ3v) is 4.95. The Bertz CT molecular complexity index is 1350. The molecule has 1 aromatic carbocycles. The van der Waals surface area contributed by atoms with E-state index in [9.17, 15) is 0 Å². The molecule has 1 N–H and O–H groups in total. The zero-order valence-corrected chi connectivity index (χ0v) is 17.8. The van der Waals surface area contributed by atoms with Crippen LogP contribution in [0.25, 0.3) is 28.3 Å². The molecule has 4 heterocycles. The second-order valence-corrected chi connectivity index (χ2v) is 7.40. The molecule has 32 heavy (non-hydrogen) atoms. The molecule has 0 bridgehead atoms. The molecule has 0 saturated heterocycles. The van der Waals surface area contributed by atoms with E-state index >= 15 is 0 Å². The van der Waals surface area contributed by atoms with Gasteiger partial charge in [-0.3, -0.25) is 4.98 Å². The summed E-state index contributed by atoms with van der Waals surface area (Å²) < 4.78 is 1.73. The Morgan fingerprint density at radius 1 is 0.812 bits per heavy atom. The van der Waals surface area contributed by atoms with Gasteiger partial charge in [-0.15, -0.1) is 5.10 Å². The first-order valence-electron chi connectivity index (χ1n) is 9.81. The Labute approximate surface area is 189 Å². The van der Waals surface area contributed by atoms with Crippen LogP contribution in [0.5, 0.6) is 0 Å². The van der Waals surface area contributed by atoms with E-state index in [0.717, 1.165) is 33.9 Å². The first-order valence-corrected chi connectivity index (χ1v) is 10.2. The molecule has 5 aromatic rings.